The maximum Gasteiger partial charge on any atom is 0.119 e. The molecule has 0 heterocycles. The second kappa shape index (κ2) is 7.12. The van der Waals surface area contributed by atoms with Gasteiger partial charge in [0.1, 0.15) is 5.75 Å². The summed E-state index contributed by atoms with van der Waals surface area (Å²) in [5, 5.41) is 3.37. The Kier molecular flexibility index (Phi) is 5.72. The van der Waals surface area contributed by atoms with Crippen molar-refractivity contribution >= 4 is 5.69 Å². The van der Waals surface area contributed by atoms with Gasteiger partial charge in [0, 0.05) is 18.3 Å². The van der Waals surface area contributed by atoms with Gasteiger partial charge in [-0.05, 0) is 45.0 Å². The van der Waals surface area contributed by atoms with E-state index in [0.29, 0.717) is 12.6 Å². The SMILES string of the molecule is CCOCC(C)Nc1ccc(OCC)cc1. The Bertz CT molecular complexity index is 284. The van der Waals surface area contributed by atoms with Crippen LogP contribution in [0.2, 0.25) is 0 Å². The normalized spacial score (nSPS) is 12.2. The number of rotatable bonds is 7. The Morgan fingerprint density at radius 2 is 1.81 bits per heavy atom. The van der Waals surface area contributed by atoms with E-state index < -0.39 is 0 Å². The fourth-order valence-corrected chi connectivity index (χ4v) is 1.43. The van der Waals surface area contributed by atoms with E-state index in [0.717, 1.165) is 24.7 Å². The average Bonchev–Trinajstić information content (AvgIpc) is 2.29. The fourth-order valence-electron chi connectivity index (χ4n) is 1.43. The van der Waals surface area contributed by atoms with E-state index in [1.165, 1.54) is 0 Å². The van der Waals surface area contributed by atoms with Crippen LogP contribution in [0.4, 0.5) is 5.69 Å². The molecule has 3 heteroatoms. The van der Waals surface area contributed by atoms with Crippen LogP contribution in [0.25, 0.3) is 0 Å². The molecule has 0 aromatic heterocycles. The molecule has 90 valence electrons. The van der Waals surface area contributed by atoms with Crippen molar-refractivity contribution in [2.45, 2.75) is 26.8 Å². The molecule has 0 aliphatic carbocycles. The molecule has 0 aliphatic rings. The van der Waals surface area contributed by atoms with Gasteiger partial charge in [0.15, 0.2) is 0 Å². The molecule has 1 atom stereocenters. The van der Waals surface area contributed by atoms with Crippen LogP contribution in [-0.2, 0) is 4.74 Å². The smallest absolute Gasteiger partial charge is 0.119 e. The predicted octanol–water partition coefficient (Wildman–Crippen LogP) is 2.92. The third-order valence-corrected chi connectivity index (χ3v) is 2.15. The van der Waals surface area contributed by atoms with Gasteiger partial charge in [0.2, 0.25) is 0 Å². The van der Waals surface area contributed by atoms with Gasteiger partial charge < -0.3 is 14.8 Å². The van der Waals surface area contributed by atoms with Gasteiger partial charge in [-0.15, -0.1) is 0 Å². The first-order valence-electron chi connectivity index (χ1n) is 5.83. The van der Waals surface area contributed by atoms with Crippen molar-refractivity contribution in [1.82, 2.24) is 0 Å². The largest absolute Gasteiger partial charge is 0.494 e. The Morgan fingerprint density at radius 1 is 1.12 bits per heavy atom. The number of ether oxygens (including phenoxy) is 2. The van der Waals surface area contributed by atoms with E-state index in [2.05, 4.69) is 12.2 Å². The molecule has 0 bridgehead atoms. The third-order valence-electron chi connectivity index (χ3n) is 2.15. The predicted molar refractivity (Wildman–Crippen MR) is 67.2 cm³/mol. The highest BCUT2D eigenvalue weighted by atomic mass is 16.5. The standard InChI is InChI=1S/C13H21NO2/c1-4-15-10-11(3)14-12-6-8-13(9-7-12)16-5-2/h6-9,11,14H,4-5,10H2,1-3H3. The number of anilines is 1. The first kappa shape index (κ1) is 12.8. The van der Waals surface area contributed by atoms with E-state index in [-0.39, 0.29) is 0 Å². The first-order chi connectivity index (χ1) is 7.76. The molecule has 16 heavy (non-hydrogen) atoms. The summed E-state index contributed by atoms with van der Waals surface area (Å²) in [7, 11) is 0. The van der Waals surface area contributed by atoms with Crippen LogP contribution in [-0.4, -0.2) is 25.9 Å². The summed E-state index contributed by atoms with van der Waals surface area (Å²) in [5.41, 5.74) is 1.09. The molecule has 1 aromatic rings. The van der Waals surface area contributed by atoms with Crippen molar-refractivity contribution in [3.05, 3.63) is 24.3 Å². The summed E-state index contributed by atoms with van der Waals surface area (Å²) in [6, 6.07) is 8.30. The van der Waals surface area contributed by atoms with E-state index in [1.807, 2.05) is 38.1 Å². The second-order valence-electron chi connectivity index (χ2n) is 3.66. The van der Waals surface area contributed by atoms with Gasteiger partial charge >= 0.3 is 0 Å². The zero-order valence-electron chi connectivity index (χ0n) is 10.3. The molecule has 1 rings (SSSR count). The summed E-state index contributed by atoms with van der Waals surface area (Å²) in [6.45, 7) is 8.28. The lowest BCUT2D eigenvalue weighted by atomic mass is 10.2. The molecule has 0 aliphatic heterocycles. The average molecular weight is 223 g/mol. The van der Waals surface area contributed by atoms with Crippen LogP contribution >= 0.6 is 0 Å². The highest BCUT2D eigenvalue weighted by Crippen LogP contribution is 2.16. The van der Waals surface area contributed by atoms with Crippen molar-refractivity contribution in [1.29, 1.82) is 0 Å². The molecule has 0 spiro atoms. The van der Waals surface area contributed by atoms with Crippen molar-refractivity contribution in [3.8, 4) is 5.75 Å². The van der Waals surface area contributed by atoms with Crippen LogP contribution in [0.1, 0.15) is 20.8 Å². The molecular weight excluding hydrogens is 202 g/mol. The number of hydrogen-bond donors (Lipinski definition) is 1. The highest BCUT2D eigenvalue weighted by Gasteiger charge is 2.01. The summed E-state index contributed by atoms with van der Waals surface area (Å²) in [6.07, 6.45) is 0. The van der Waals surface area contributed by atoms with Gasteiger partial charge in [0.25, 0.3) is 0 Å². The Hall–Kier alpha value is -1.22. The van der Waals surface area contributed by atoms with Gasteiger partial charge in [-0.1, -0.05) is 0 Å². The minimum Gasteiger partial charge on any atom is -0.494 e. The summed E-state index contributed by atoms with van der Waals surface area (Å²) >= 11 is 0. The van der Waals surface area contributed by atoms with Crippen molar-refractivity contribution < 1.29 is 9.47 Å². The number of hydrogen-bond acceptors (Lipinski definition) is 3. The van der Waals surface area contributed by atoms with Gasteiger partial charge in [-0.25, -0.2) is 0 Å². The number of nitrogens with one attached hydrogen (secondary N) is 1. The summed E-state index contributed by atoms with van der Waals surface area (Å²) < 4.78 is 10.7. The highest BCUT2D eigenvalue weighted by molar-refractivity contribution is 5.46. The van der Waals surface area contributed by atoms with Crippen molar-refractivity contribution in [3.63, 3.8) is 0 Å². The van der Waals surface area contributed by atoms with Crippen LogP contribution in [0, 0.1) is 0 Å². The Morgan fingerprint density at radius 3 is 2.38 bits per heavy atom. The lowest BCUT2D eigenvalue weighted by Gasteiger charge is -2.15. The topological polar surface area (TPSA) is 30.5 Å². The lowest BCUT2D eigenvalue weighted by molar-refractivity contribution is 0.141. The molecule has 0 fully saturated rings. The molecule has 0 saturated carbocycles. The summed E-state index contributed by atoms with van der Waals surface area (Å²) in [4.78, 5) is 0. The minimum atomic E-state index is 0.317. The third kappa shape index (κ3) is 4.53. The van der Waals surface area contributed by atoms with E-state index in [1.54, 1.807) is 0 Å². The Balaban J connectivity index is 2.41. The van der Waals surface area contributed by atoms with Crippen molar-refractivity contribution in [2.24, 2.45) is 0 Å². The molecule has 0 amide bonds. The first-order valence-corrected chi connectivity index (χ1v) is 5.83. The van der Waals surface area contributed by atoms with Crippen LogP contribution in [0.5, 0.6) is 5.75 Å². The van der Waals surface area contributed by atoms with E-state index in [9.17, 15) is 0 Å². The summed E-state index contributed by atoms with van der Waals surface area (Å²) in [5.74, 6) is 0.908. The molecule has 3 nitrogen and oxygen atoms in total. The molecule has 0 radical (unpaired) electrons. The molecular formula is C13H21NO2. The fraction of sp³-hybridized carbons (Fsp3) is 0.538. The zero-order chi connectivity index (χ0) is 11.8. The van der Waals surface area contributed by atoms with Crippen LogP contribution < -0.4 is 10.1 Å². The minimum absolute atomic E-state index is 0.317. The maximum absolute atomic E-state index is 5.38. The number of benzene rings is 1. The zero-order valence-corrected chi connectivity index (χ0v) is 10.3. The van der Waals surface area contributed by atoms with Gasteiger partial charge in [-0.3, -0.25) is 0 Å². The Labute approximate surface area is 97.8 Å². The van der Waals surface area contributed by atoms with Gasteiger partial charge in [-0.2, -0.15) is 0 Å². The molecule has 1 aromatic carbocycles. The van der Waals surface area contributed by atoms with E-state index >= 15 is 0 Å². The van der Waals surface area contributed by atoms with Gasteiger partial charge in [0.05, 0.1) is 13.2 Å². The molecule has 1 unspecified atom stereocenters. The molecule has 0 saturated heterocycles. The van der Waals surface area contributed by atoms with Crippen molar-refractivity contribution in [2.75, 3.05) is 25.1 Å². The molecule has 1 N–H and O–H groups in total. The van der Waals surface area contributed by atoms with Crippen LogP contribution in [0.15, 0.2) is 24.3 Å². The van der Waals surface area contributed by atoms with Crippen LogP contribution in [0.3, 0.4) is 0 Å². The second-order valence-corrected chi connectivity index (χ2v) is 3.66. The lowest BCUT2D eigenvalue weighted by Crippen LogP contribution is -2.21. The quantitative estimate of drug-likeness (QED) is 0.771. The maximum atomic E-state index is 5.38. The van der Waals surface area contributed by atoms with E-state index in [4.69, 9.17) is 9.47 Å². The monoisotopic (exact) mass is 223 g/mol.